The second kappa shape index (κ2) is 16.0. The Labute approximate surface area is 423 Å². The Kier molecular flexibility index (Phi) is 10.6. The number of hydrogen-bond acceptors (Lipinski definition) is 4. The van der Waals surface area contributed by atoms with Gasteiger partial charge >= 0.3 is 0 Å². The molecule has 354 valence electrons. The van der Waals surface area contributed by atoms with E-state index in [2.05, 4.69) is 257 Å². The van der Waals surface area contributed by atoms with Crippen molar-refractivity contribution < 1.29 is 0 Å². The van der Waals surface area contributed by atoms with Gasteiger partial charge in [-0.25, -0.2) is 0 Å². The molecule has 0 atom stereocenters. The van der Waals surface area contributed by atoms with E-state index < -0.39 is 0 Å². The van der Waals surface area contributed by atoms with Crippen LogP contribution in [0.2, 0.25) is 0 Å². The Bertz CT molecular complexity index is 3300. The predicted molar refractivity (Wildman–Crippen MR) is 307 cm³/mol. The van der Waals surface area contributed by atoms with E-state index >= 15 is 0 Å². The van der Waals surface area contributed by atoms with Crippen molar-refractivity contribution in [3.8, 4) is 0 Å². The van der Waals surface area contributed by atoms with Crippen molar-refractivity contribution >= 4 is 95.0 Å². The second-order valence-corrected chi connectivity index (χ2v) is 26.1. The summed E-state index contributed by atoms with van der Waals surface area (Å²) in [6.45, 7) is 33.2. The van der Waals surface area contributed by atoms with Gasteiger partial charge in [0.05, 0.1) is 10.7 Å². The summed E-state index contributed by atoms with van der Waals surface area (Å²) in [4.78, 5) is 7.74. The Hall–Kier alpha value is -6.04. The van der Waals surface area contributed by atoms with E-state index in [1.807, 2.05) is 11.3 Å². The fourth-order valence-electron chi connectivity index (χ4n) is 11.8. The Morgan fingerprint density at radius 2 is 0.986 bits per heavy atom. The highest BCUT2D eigenvalue weighted by atomic mass is 32.1. The zero-order valence-electron chi connectivity index (χ0n) is 44.1. The third kappa shape index (κ3) is 7.52. The molecule has 3 nitrogen and oxygen atoms in total. The highest BCUT2D eigenvalue weighted by Crippen LogP contribution is 2.54. The van der Waals surface area contributed by atoms with Crippen LogP contribution < -0.4 is 31.1 Å². The summed E-state index contributed by atoms with van der Waals surface area (Å²) in [7, 11) is 0. The molecule has 7 aromatic carbocycles. The SMILES string of the molecule is Cc1cc(C(C)(C)C)ccc1N1c2cc(N(c3ccccc3)c3ccccc3)cc3c2B(c2cc(C(C)(C)C)ccc2N3c2ccc(C(C)(C)C)cc2)c2c1sc1cc3c(cc21)C(C)(C)CCC3(C)C. The van der Waals surface area contributed by atoms with Crippen molar-refractivity contribution in [3.05, 3.63) is 179 Å². The molecule has 0 saturated carbocycles. The van der Waals surface area contributed by atoms with Gasteiger partial charge in [-0.05, 0) is 175 Å². The van der Waals surface area contributed by atoms with Gasteiger partial charge in [-0.3, -0.25) is 0 Å². The molecule has 0 bridgehead atoms. The van der Waals surface area contributed by atoms with Crippen LogP contribution in [-0.4, -0.2) is 6.71 Å². The van der Waals surface area contributed by atoms with Gasteiger partial charge in [0.25, 0.3) is 6.71 Å². The Morgan fingerprint density at radius 3 is 1.53 bits per heavy atom. The number of thiophene rings is 1. The van der Waals surface area contributed by atoms with Gasteiger partial charge < -0.3 is 14.7 Å². The van der Waals surface area contributed by atoms with E-state index in [1.165, 1.54) is 100 Å². The number of fused-ring (bicyclic) bond motifs is 7. The van der Waals surface area contributed by atoms with E-state index in [-0.39, 0.29) is 33.8 Å². The Balaban J connectivity index is 1.31. The lowest BCUT2D eigenvalue weighted by Crippen LogP contribution is -2.61. The molecule has 0 N–H and O–H groups in total. The zero-order chi connectivity index (χ0) is 49.4. The molecule has 0 amide bonds. The van der Waals surface area contributed by atoms with E-state index in [0.29, 0.717) is 0 Å². The third-order valence-electron chi connectivity index (χ3n) is 16.1. The van der Waals surface area contributed by atoms with Crippen molar-refractivity contribution in [1.29, 1.82) is 0 Å². The van der Waals surface area contributed by atoms with Crippen molar-refractivity contribution in [3.63, 3.8) is 0 Å². The molecule has 11 rings (SSSR count). The van der Waals surface area contributed by atoms with Gasteiger partial charge in [0.2, 0.25) is 0 Å². The maximum atomic E-state index is 2.68. The molecule has 3 heterocycles. The molecule has 8 aromatic rings. The van der Waals surface area contributed by atoms with Crippen LogP contribution >= 0.6 is 11.3 Å². The first kappa shape index (κ1) is 46.4. The smallest absolute Gasteiger partial charge is 0.254 e. The van der Waals surface area contributed by atoms with Crippen LogP contribution in [0.3, 0.4) is 0 Å². The molecule has 0 radical (unpaired) electrons. The van der Waals surface area contributed by atoms with Crippen LogP contribution in [0.1, 0.15) is 136 Å². The molecule has 0 spiro atoms. The number of aryl methyl sites for hydroxylation is 1. The topological polar surface area (TPSA) is 9.72 Å². The van der Waals surface area contributed by atoms with E-state index in [1.54, 1.807) is 0 Å². The van der Waals surface area contributed by atoms with E-state index in [0.717, 1.165) is 22.7 Å². The molecule has 0 saturated heterocycles. The van der Waals surface area contributed by atoms with Crippen LogP contribution in [-0.2, 0) is 27.1 Å². The molecule has 1 aliphatic carbocycles. The first-order valence-corrected chi connectivity index (χ1v) is 26.5. The molecule has 0 unspecified atom stereocenters. The van der Waals surface area contributed by atoms with Crippen LogP contribution in [0.25, 0.3) is 10.1 Å². The van der Waals surface area contributed by atoms with Crippen LogP contribution in [0.5, 0.6) is 0 Å². The monoisotopic (exact) mass is 936 g/mol. The normalized spacial score (nSPS) is 15.9. The highest BCUT2D eigenvalue weighted by Gasteiger charge is 2.47. The predicted octanol–water partition coefficient (Wildman–Crippen LogP) is 17.0. The average molecular weight is 936 g/mol. The van der Waals surface area contributed by atoms with Crippen molar-refractivity contribution in [2.75, 3.05) is 14.7 Å². The quantitative estimate of drug-likeness (QED) is 0.159. The van der Waals surface area contributed by atoms with Crippen molar-refractivity contribution in [2.24, 2.45) is 0 Å². The van der Waals surface area contributed by atoms with E-state index in [4.69, 9.17) is 0 Å². The van der Waals surface area contributed by atoms with Gasteiger partial charge in [0.15, 0.2) is 0 Å². The summed E-state index contributed by atoms with van der Waals surface area (Å²) >= 11 is 2.00. The second-order valence-electron chi connectivity index (χ2n) is 25.1. The van der Waals surface area contributed by atoms with E-state index in [9.17, 15) is 0 Å². The standard InChI is InChI=1S/C65H70BN3S/c1-41-35-43(62(5,6)7)27-31-53(41)69-56-38-48(67(45-21-17-15-18-22-45)46-23-19-16-20-24-46)37-55-59(56)66(58-49-39-50-51(40-57(49)70-60(58)69)65(13,14)34-33-64(50,11)12)52-36-44(63(8,9)10)28-32-54(52)68(55)47-29-25-42(26-30-47)61(2,3)4/h15-32,35-40H,33-34H2,1-14H3. The van der Waals surface area contributed by atoms with Gasteiger partial charge in [0, 0.05) is 44.5 Å². The lowest BCUT2D eigenvalue weighted by Gasteiger charge is -2.45. The number of anilines is 9. The maximum absolute atomic E-state index is 2.68. The number of nitrogens with zero attached hydrogens (tertiary/aromatic N) is 3. The summed E-state index contributed by atoms with van der Waals surface area (Å²) in [5, 5.41) is 2.72. The summed E-state index contributed by atoms with van der Waals surface area (Å²) in [6, 6.07) is 56.3. The number of para-hydroxylation sites is 2. The van der Waals surface area contributed by atoms with Crippen LogP contribution in [0, 0.1) is 6.92 Å². The van der Waals surface area contributed by atoms with Gasteiger partial charge in [-0.1, -0.05) is 163 Å². The Morgan fingerprint density at radius 1 is 0.486 bits per heavy atom. The molecule has 0 fully saturated rings. The maximum Gasteiger partial charge on any atom is 0.254 e. The molecular weight excluding hydrogens is 866 g/mol. The first-order chi connectivity index (χ1) is 33.0. The van der Waals surface area contributed by atoms with Gasteiger partial charge in [-0.2, -0.15) is 0 Å². The molecular formula is C65H70BN3S. The fourth-order valence-corrected chi connectivity index (χ4v) is 13.1. The third-order valence-corrected chi connectivity index (χ3v) is 17.2. The summed E-state index contributed by atoms with van der Waals surface area (Å²) in [6.07, 6.45) is 2.36. The minimum atomic E-state index is -0.0477. The van der Waals surface area contributed by atoms with Gasteiger partial charge in [0.1, 0.15) is 0 Å². The molecule has 2 aliphatic heterocycles. The molecule has 3 aliphatic rings. The summed E-state index contributed by atoms with van der Waals surface area (Å²) < 4.78 is 1.38. The van der Waals surface area contributed by atoms with Crippen LogP contribution in [0.4, 0.5) is 50.5 Å². The van der Waals surface area contributed by atoms with Crippen molar-refractivity contribution in [2.45, 2.75) is 137 Å². The highest BCUT2D eigenvalue weighted by molar-refractivity contribution is 7.26. The number of benzene rings is 7. The molecule has 5 heteroatoms. The number of rotatable bonds is 5. The summed E-state index contributed by atoms with van der Waals surface area (Å²) in [5.74, 6) is 0. The fraction of sp³-hybridized carbons (Fsp3) is 0.323. The lowest BCUT2D eigenvalue weighted by atomic mass is 9.33. The summed E-state index contributed by atoms with van der Waals surface area (Å²) in [5.41, 5.74) is 22.1. The first-order valence-electron chi connectivity index (χ1n) is 25.7. The minimum Gasteiger partial charge on any atom is -0.311 e. The van der Waals surface area contributed by atoms with Gasteiger partial charge in [-0.15, -0.1) is 11.3 Å². The largest absolute Gasteiger partial charge is 0.311 e. The lowest BCUT2D eigenvalue weighted by molar-refractivity contribution is 0.332. The zero-order valence-corrected chi connectivity index (χ0v) is 44.9. The minimum absolute atomic E-state index is 0.0141. The van der Waals surface area contributed by atoms with Crippen molar-refractivity contribution in [1.82, 2.24) is 0 Å². The number of hydrogen-bond donors (Lipinski definition) is 0. The molecule has 1 aromatic heterocycles. The molecule has 70 heavy (non-hydrogen) atoms. The average Bonchev–Trinajstić information content (AvgIpc) is 3.68. The van der Waals surface area contributed by atoms with Crippen LogP contribution in [0.15, 0.2) is 146 Å².